The molecule has 0 bridgehead atoms. The van der Waals surface area contributed by atoms with Crippen molar-refractivity contribution in [2.75, 3.05) is 24.5 Å². The highest BCUT2D eigenvalue weighted by atomic mass is 19.1. The Balaban J connectivity index is 1.47. The van der Waals surface area contributed by atoms with Gasteiger partial charge in [-0.25, -0.2) is 9.37 Å². The van der Waals surface area contributed by atoms with E-state index >= 15 is 0 Å². The summed E-state index contributed by atoms with van der Waals surface area (Å²) in [6, 6.07) is 14.7. The molecule has 1 saturated heterocycles. The number of halogens is 1. The number of amides is 1. The lowest BCUT2D eigenvalue weighted by molar-refractivity contribution is -0.133. The lowest BCUT2D eigenvalue weighted by Gasteiger charge is -2.33. The van der Waals surface area contributed by atoms with Gasteiger partial charge >= 0.3 is 0 Å². The molecule has 6 nitrogen and oxygen atoms in total. The van der Waals surface area contributed by atoms with Crippen LogP contribution in [0.4, 0.5) is 10.3 Å². The van der Waals surface area contributed by atoms with Gasteiger partial charge in [0.05, 0.1) is 23.7 Å². The highest BCUT2D eigenvalue weighted by Gasteiger charge is 2.31. The zero-order chi connectivity index (χ0) is 25.1. The summed E-state index contributed by atoms with van der Waals surface area (Å²) in [6.07, 6.45) is 4.84. The van der Waals surface area contributed by atoms with Crippen molar-refractivity contribution >= 4 is 11.9 Å². The fourth-order valence-corrected chi connectivity index (χ4v) is 5.13. The fourth-order valence-electron chi connectivity index (χ4n) is 5.13. The van der Waals surface area contributed by atoms with Crippen molar-refractivity contribution in [1.82, 2.24) is 14.9 Å². The highest BCUT2D eigenvalue weighted by molar-refractivity contribution is 5.84. The number of fused-ring (bicyclic) bond motifs is 1. The Morgan fingerprint density at radius 1 is 1.06 bits per heavy atom. The first-order valence-corrected chi connectivity index (χ1v) is 13.0. The number of aryl methyl sites for hydroxylation is 1. The summed E-state index contributed by atoms with van der Waals surface area (Å²) in [5, 5.41) is 0. The normalized spacial score (nSPS) is 16.4. The van der Waals surface area contributed by atoms with Crippen molar-refractivity contribution in [2.45, 2.75) is 58.4 Å². The number of anilines is 1. The second-order valence-corrected chi connectivity index (χ2v) is 9.70. The minimum Gasteiger partial charge on any atom is -0.438 e. The Morgan fingerprint density at radius 3 is 2.56 bits per heavy atom. The van der Waals surface area contributed by atoms with Crippen molar-refractivity contribution in [2.24, 2.45) is 0 Å². The van der Waals surface area contributed by atoms with E-state index in [2.05, 4.69) is 4.90 Å². The molecular weight excluding hydrogens is 455 g/mol. The molecule has 0 N–H and O–H groups in total. The number of carbonyl (C=O) groups excluding carboxylic acids is 1. The van der Waals surface area contributed by atoms with Crippen LogP contribution in [0.3, 0.4) is 0 Å². The fraction of sp³-hybridized carbons (Fsp3) is 0.414. The molecule has 3 heterocycles. The highest BCUT2D eigenvalue weighted by Crippen LogP contribution is 2.34. The molecule has 1 aromatic heterocycles. The van der Waals surface area contributed by atoms with E-state index in [1.54, 1.807) is 19.1 Å². The third kappa shape index (κ3) is 5.06. The van der Waals surface area contributed by atoms with E-state index in [0.29, 0.717) is 42.7 Å². The Bertz CT molecular complexity index is 1230. The minimum atomic E-state index is -0.274. The van der Waals surface area contributed by atoms with Gasteiger partial charge in [-0.05, 0) is 61.9 Å². The van der Waals surface area contributed by atoms with Crippen LogP contribution in [0.25, 0.3) is 0 Å². The first kappa shape index (κ1) is 24.2. The zero-order valence-corrected chi connectivity index (χ0v) is 21.0. The number of rotatable bonds is 6. The first-order valence-electron chi connectivity index (χ1n) is 13.0. The summed E-state index contributed by atoms with van der Waals surface area (Å²) in [7, 11) is 0. The van der Waals surface area contributed by atoms with Gasteiger partial charge in [0.15, 0.2) is 0 Å². The molecule has 36 heavy (non-hydrogen) atoms. The molecule has 1 atom stereocenters. The third-order valence-corrected chi connectivity index (χ3v) is 7.21. The predicted octanol–water partition coefficient (Wildman–Crippen LogP) is 5.79. The van der Waals surface area contributed by atoms with Crippen molar-refractivity contribution in [3.05, 3.63) is 76.7 Å². The second-order valence-electron chi connectivity index (χ2n) is 9.70. The molecule has 1 unspecified atom stereocenters. The number of benzene rings is 2. The standard InChI is InChI=1S/C29H33FN4O2/c1-3-23(21-10-6-4-7-11-21)28(35)34-17-14-26-24(19-34)27(36-22-12-13-25(30)20(2)18-22)32-29(31-26)33-15-8-5-9-16-33/h4,6-7,10-13,18,23H,3,5,8-9,14-17,19H2,1-2H3. The Labute approximate surface area is 212 Å². The topological polar surface area (TPSA) is 58.6 Å². The zero-order valence-electron chi connectivity index (χ0n) is 21.0. The average Bonchev–Trinajstić information content (AvgIpc) is 2.92. The van der Waals surface area contributed by atoms with Gasteiger partial charge in [0.25, 0.3) is 0 Å². The third-order valence-electron chi connectivity index (χ3n) is 7.21. The number of ether oxygens (including phenoxy) is 1. The Kier molecular flexibility index (Phi) is 7.16. The monoisotopic (exact) mass is 488 g/mol. The molecule has 5 rings (SSSR count). The molecule has 0 spiro atoms. The SMILES string of the molecule is CCC(C(=O)N1CCc2nc(N3CCCCC3)nc(Oc3ccc(F)c(C)c3)c2C1)c1ccccc1. The number of piperidine rings is 1. The molecule has 0 radical (unpaired) electrons. The summed E-state index contributed by atoms with van der Waals surface area (Å²) in [5.41, 5.74) is 3.30. The molecule has 2 aromatic carbocycles. The van der Waals surface area contributed by atoms with Gasteiger partial charge in [0, 0.05) is 26.1 Å². The van der Waals surface area contributed by atoms with E-state index in [9.17, 15) is 9.18 Å². The molecular formula is C29H33FN4O2. The van der Waals surface area contributed by atoms with Crippen LogP contribution in [-0.2, 0) is 17.8 Å². The average molecular weight is 489 g/mol. The van der Waals surface area contributed by atoms with E-state index in [-0.39, 0.29) is 17.6 Å². The summed E-state index contributed by atoms with van der Waals surface area (Å²) < 4.78 is 20.1. The maximum atomic E-state index is 13.9. The summed E-state index contributed by atoms with van der Waals surface area (Å²) in [4.78, 5) is 27.5. The largest absolute Gasteiger partial charge is 0.438 e. The van der Waals surface area contributed by atoms with Gasteiger partial charge in [-0.1, -0.05) is 37.3 Å². The summed E-state index contributed by atoms with van der Waals surface area (Å²) >= 11 is 0. The van der Waals surface area contributed by atoms with Gasteiger partial charge in [-0.3, -0.25) is 4.79 Å². The van der Waals surface area contributed by atoms with E-state index in [1.165, 1.54) is 12.5 Å². The van der Waals surface area contributed by atoms with Gasteiger partial charge in [0.1, 0.15) is 11.6 Å². The lowest BCUT2D eigenvalue weighted by atomic mass is 9.94. The van der Waals surface area contributed by atoms with Crippen LogP contribution >= 0.6 is 0 Å². The van der Waals surface area contributed by atoms with Crippen LogP contribution in [0.2, 0.25) is 0 Å². The summed E-state index contributed by atoms with van der Waals surface area (Å²) in [5.74, 6) is 1.31. The number of hydrogen-bond acceptors (Lipinski definition) is 5. The number of carbonyl (C=O) groups is 1. The number of nitrogens with zero attached hydrogens (tertiary/aromatic N) is 4. The van der Waals surface area contributed by atoms with Crippen LogP contribution in [0, 0.1) is 12.7 Å². The van der Waals surface area contributed by atoms with E-state index < -0.39 is 0 Å². The molecule has 0 saturated carbocycles. The van der Waals surface area contributed by atoms with E-state index in [1.807, 2.05) is 42.2 Å². The van der Waals surface area contributed by atoms with Crippen molar-refractivity contribution in [3.63, 3.8) is 0 Å². The maximum absolute atomic E-state index is 13.9. The van der Waals surface area contributed by atoms with Crippen LogP contribution in [0.5, 0.6) is 11.6 Å². The maximum Gasteiger partial charge on any atom is 0.230 e. The van der Waals surface area contributed by atoms with Crippen LogP contribution in [0.15, 0.2) is 48.5 Å². The van der Waals surface area contributed by atoms with Crippen LogP contribution in [0.1, 0.15) is 60.9 Å². The van der Waals surface area contributed by atoms with Gasteiger partial charge in [0.2, 0.25) is 17.7 Å². The lowest BCUT2D eigenvalue weighted by Crippen LogP contribution is -2.40. The molecule has 7 heteroatoms. The molecule has 1 amide bonds. The Morgan fingerprint density at radius 2 is 1.83 bits per heavy atom. The first-order chi connectivity index (χ1) is 17.5. The predicted molar refractivity (Wildman–Crippen MR) is 138 cm³/mol. The van der Waals surface area contributed by atoms with E-state index in [0.717, 1.165) is 49.2 Å². The van der Waals surface area contributed by atoms with Gasteiger partial charge in [-0.2, -0.15) is 4.98 Å². The van der Waals surface area contributed by atoms with Crippen molar-refractivity contribution < 1.29 is 13.9 Å². The molecule has 2 aliphatic heterocycles. The van der Waals surface area contributed by atoms with Gasteiger partial charge < -0.3 is 14.5 Å². The van der Waals surface area contributed by atoms with Gasteiger partial charge in [-0.15, -0.1) is 0 Å². The van der Waals surface area contributed by atoms with Crippen molar-refractivity contribution in [3.8, 4) is 11.6 Å². The summed E-state index contributed by atoms with van der Waals surface area (Å²) in [6.45, 7) is 6.62. The number of hydrogen-bond donors (Lipinski definition) is 0. The second kappa shape index (κ2) is 10.6. The smallest absolute Gasteiger partial charge is 0.230 e. The number of aromatic nitrogens is 2. The minimum absolute atomic E-state index is 0.109. The molecule has 188 valence electrons. The quantitative estimate of drug-likeness (QED) is 0.440. The molecule has 1 fully saturated rings. The van der Waals surface area contributed by atoms with E-state index in [4.69, 9.17) is 14.7 Å². The Hall–Kier alpha value is -3.48. The molecule has 3 aromatic rings. The molecule has 2 aliphatic rings. The van der Waals surface area contributed by atoms with Crippen LogP contribution < -0.4 is 9.64 Å². The molecule has 0 aliphatic carbocycles. The van der Waals surface area contributed by atoms with Crippen LogP contribution in [-0.4, -0.2) is 40.4 Å². The van der Waals surface area contributed by atoms with Crippen molar-refractivity contribution in [1.29, 1.82) is 0 Å².